The standard InChI is InChI=1S/C19H23N3O5S/c1-27-17-9-3-14(4-10-17)13-18(23)20-11-12-21-19(24)15-5-7-16(8-6-15)22-28(2,25)26/h3-10,22H,11-13H2,1-2H3,(H,20,23)(H,21,24). The van der Waals surface area contributed by atoms with Crippen LogP contribution in [0.3, 0.4) is 0 Å². The molecule has 0 saturated carbocycles. The molecule has 28 heavy (non-hydrogen) atoms. The molecule has 150 valence electrons. The van der Waals surface area contributed by atoms with Crippen molar-refractivity contribution in [1.82, 2.24) is 10.6 Å². The number of carbonyl (C=O) groups excluding carboxylic acids is 2. The second-order valence-corrected chi connectivity index (χ2v) is 7.83. The first-order valence-corrected chi connectivity index (χ1v) is 10.4. The molecule has 0 aliphatic carbocycles. The zero-order valence-electron chi connectivity index (χ0n) is 15.7. The van der Waals surface area contributed by atoms with Crippen LogP contribution in [0.15, 0.2) is 48.5 Å². The lowest BCUT2D eigenvalue weighted by atomic mass is 10.1. The van der Waals surface area contributed by atoms with Gasteiger partial charge in [0.15, 0.2) is 0 Å². The minimum atomic E-state index is -3.36. The van der Waals surface area contributed by atoms with Crippen molar-refractivity contribution in [2.45, 2.75) is 6.42 Å². The maximum absolute atomic E-state index is 12.1. The fraction of sp³-hybridized carbons (Fsp3) is 0.263. The van der Waals surface area contributed by atoms with E-state index in [2.05, 4.69) is 15.4 Å². The molecule has 3 N–H and O–H groups in total. The number of nitrogens with one attached hydrogen (secondary N) is 3. The third kappa shape index (κ3) is 7.28. The summed E-state index contributed by atoms with van der Waals surface area (Å²) in [5.41, 5.74) is 1.64. The highest BCUT2D eigenvalue weighted by atomic mass is 32.2. The van der Waals surface area contributed by atoms with Crippen LogP contribution >= 0.6 is 0 Å². The summed E-state index contributed by atoms with van der Waals surface area (Å²) in [6.45, 7) is 0.574. The van der Waals surface area contributed by atoms with Crippen LogP contribution in [0.2, 0.25) is 0 Å². The number of hydrogen-bond acceptors (Lipinski definition) is 5. The topological polar surface area (TPSA) is 114 Å². The van der Waals surface area contributed by atoms with E-state index in [4.69, 9.17) is 4.74 Å². The summed E-state index contributed by atoms with van der Waals surface area (Å²) in [5, 5.41) is 5.43. The van der Waals surface area contributed by atoms with E-state index >= 15 is 0 Å². The maximum atomic E-state index is 12.1. The van der Waals surface area contributed by atoms with Gasteiger partial charge in [-0.05, 0) is 42.0 Å². The molecule has 8 nitrogen and oxygen atoms in total. The molecular formula is C19H23N3O5S. The van der Waals surface area contributed by atoms with Crippen molar-refractivity contribution in [1.29, 1.82) is 0 Å². The van der Waals surface area contributed by atoms with Crippen molar-refractivity contribution in [2.24, 2.45) is 0 Å². The van der Waals surface area contributed by atoms with E-state index in [-0.39, 0.29) is 24.8 Å². The van der Waals surface area contributed by atoms with E-state index in [0.717, 1.165) is 17.6 Å². The number of anilines is 1. The lowest BCUT2D eigenvalue weighted by Gasteiger charge is -2.09. The number of methoxy groups -OCH3 is 1. The first kappa shape index (κ1) is 21.2. The van der Waals surface area contributed by atoms with Gasteiger partial charge in [-0.1, -0.05) is 12.1 Å². The number of hydrogen-bond donors (Lipinski definition) is 3. The van der Waals surface area contributed by atoms with Gasteiger partial charge in [0, 0.05) is 24.3 Å². The van der Waals surface area contributed by atoms with Crippen LogP contribution in [0.25, 0.3) is 0 Å². The Hall–Kier alpha value is -3.07. The monoisotopic (exact) mass is 405 g/mol. The lowest BCUT2D eigenvalue weighted by Crippen LogP contribution is -2.35. The highest BCUT2D eigenvalue weighted by Crippen LogP contribution is 2.12. The SMILES string of the molecule is COc1ccc(CC(=O)NCCNC(=O)c2ccc(NS(C)(=O)=O)cc2)cc1. The quantitative estimate of drug-likeness (QED) is 0.542. The van der Waals surface area contributed by atoms with E-state index < -0.39 is 10.0 Å². The Morgan fingerprint density at radius 1 is 0.929 bits per heavy atom. The van der Waals surface area contributed by atoms with Gasteiger partial charge in [0.2, 0.25) is 15.9 Å². The van der Waals surface area contributed by atoms with Gasteiger partial charge in [-0.25, -0.2) is 8.42 Å². The van der Waals surface area contributed by atoms with Gasteiger partial charge >= 0.3 is 0 Å². The molecule has 0 aliphatic rings. The van der Waals surface area contributed by atoms with Crippen molar-refractivity contribution in [3.63, 3.8) is 0 Å². The molecular weight excluding hydrogens is 382 g/mol. The molecule has 0 heterocycles. The smallest absolute Gasteiger partial charge is 0.251 e. The van der Waals surface area contributed by atoms with Crippen LogP contribution in [0.1, 0.15) is 15.9 Å². The predicted molar refractivity (Wildman–Crippen MR) is 107 cm³/mol. The lowest BCUT2D eigenvalue weighted by molar-refractivity contribution is -0.120. The molecule has 2 rings (SSSR count). The Bertz CT molecular complexity index is 910. The van der Waals surface area contributed by atoms with Crippen molar-refractivity contribution in [2.75, 3.05) is 31.2 Å². The van der Waals surface area contributed by atoms with Gasteiger partial charge in [0.1, 0.15) is 5.75 Å². The van der Waals surface area contributed by atoms with E-state index in [9.17, 15) is 18.0 Å². The molecule has 0 radical (unpaired) electrons. The Balaban J connectivity index is 1.72. The van der Waals surface area contributed by atoms with Gasteiger partial charge in [0.05, 0.1) is 19.8 Å². The molecule has 0 bridgehead atoms. The second kappa shape index (κ2) is 9.75. The van der Waals surface area contributed by atoms with E-state index in [1.807, 2.05) is 12.1 Å². The van der Waals surface area contributed by atoms with E-state index in [1.165, 1.54) is 24.3 Å². The molecule has 0 aliphatic heterocycles. The van der Waals surface area contributed by atoms with Crippen LogP contribution in [0.5, 0.6) is 5.75 Å². The zero-order chi connectivity index (χ0) is 20.6. The van der Waals surface area contributed by atoms with Crippen molar-refractivity contribution < 1.29 is 22.7 Å². The summed E-state index contributed by atoms with van der Waals surface area (Å²) in [4.78, 5) is 24.0. The highest BCUT2D eigenvalue weighted by Gasteiger charge is 2.07. The molecule has 0 saturated heterocycles. The minimum absolute atomic E-state index is 0.143. The molecule has 2 amide bonds. The van der Waals surface area contributed by atoms with Crippen LogP contribution in [0.4, 0.5) is 5.69 Å². The predicted octanol–water partition coefficient (Wildman–Crippen LogP) is 1.16. The summed E-state index contributed by atoms with van der Waals surface area (Å²) in [6.07, 6.45) is 1.29. The summed E-state index contributed by atoms with van der Waals surface area (Å²) < 4.78 is 29.7. The van der Waals surface area contributed by atoms with Crippen LogP contribution in [0, 0.1) is 0 Å². The van der Waals surface area contributed by atoms with Crippen LogP contribution < -0.4 is 20.1 Å². The number of carbonyl (C=O) groups is 2. The minimum Gasteiger partial charge on any atom is -0.497 e. The van der Waals surface area contributed by atoms with Crippen LogP contribution in [-0.2, 0) is 21.2 Å². The molecule has 0 spiro atoms. The number of rotatable bonds is 9. The Kier molecular flexibility index (Phi) is 7.39. The average Bonchev–Trinajstić information content (AvgIpc) is 2.65. The van der Waals surface area contributed by atoms with Crippen molar-refractivity contribution >= 4 is 27.5 Å². The average molecular weight is 405 g/mol. The normalized spacial score (nSPS) is 10.8. The van der Waals surface area contributed by atoms with Gasteiger partial charge < -0.3 is 15.4 Å². The molecule has 2 aromatic rings. The molecule has 2 aromatic carbocycles. The third-order valence-corrected chi connectivity index (χ3v) is 4.31. The summed E-state index contributed by atoms with van der Waals surface area (Å²) in [7, 11) is -1.78. The third-order valence-electron chi connectivity index (χ3n) is 3.71. The zero-order valence-corrected chi connectivity index (χ0v) is 16.5. The van der Waals surface area contributed by atoms with Crippen LogP contribution in [-0.4, -0.2) is 46.7 Å². The molecule has 0 aromatic heterocycles. The Morgan fingerprint density at radius 3 is 2.11 bits per heavy atom. The maximum Gasteiger partial charge on any atom is 0.251 e. The molecule has 0 atom stereocenters. The fourth-order valence-electron chi connectivity index (χ4n) is 2.38. The number of sulfonamides is 1. The number of benzene rings is 2. The Morgan fingerprint density at radius 2 is 1.54 bits per heavy atom. The van der Waals surface area contributed by atoms with Gasteiger partial charge in [0.25, 0.3) is 5.91 Å². The van der Waals surface area contributed by atoms with Gasteiger partial charge in [-0.3, -0.25) is 14.3 Å². The number of ether oxygens (including phenoxy) is 1. The largest absolute Gasteiger partial charge is 0.497 e. The first-order valence-electron chi connectivity index (χ1n) is 8.52. The summed E-state index contributed by atoms with van der Waals surface area (Å²) in [6, 6.07) is 13.3. The summed E-state index contributed by atoms with van der Waals surface area (Å²) in [5.74, 6) is 0.276. The second-order valence-electron chi connectivity index (χ2n) is 6.08. The fourth-order valence-corrected chi connectivity index (χ4v) is 2.94. The first-order chi connectivity index (χ1) is 13.3. The molecule has 0 fully saturated rings. The summed E-state index contributed by atoms with van der Waals surface area (Å²) >= 11 is 0. The molecule has 0 unspecified atom stereocenters. The van der Waals surface area contributed by atoms with Crippen molar-refractivity contribution in [3.05, 3.63) is 59.7 Å². The van der Waals surface area contributed by atoms with Gasteiger partial charge in [-0.15, -0.1) is 0 Å². The van der Waals surface area contributed by atoms with E-state index in [0.29, 0.717) is 17.8 Å². The Labute approximate surface area is 164 Å². The molecule has 9 heteroatoms. The van der Waals surface area contributed by atoms with Gasteiger partial charge in [-0.2, -0.15) is 0 Å². The van der Waals surface area contributed by atoms with Crippen molar-refractivity contribution in [3.8, 4) is 5.75 Å². The van der Waals surface area contributed by atoms with E-state index in [1.54, 1.807) is 19.2 Å². The highest BCUT2D eigenvalue weighted by molar-refractivity contribution is 7.92. The number of amides is 2.